The smallest absolute Gasteiger partial charge is 0.0593 e. The fourth-order valence-electron chi connectivity index (χ4n) is 1.96. The van der Waals surface area contributed by atoms with Crippen LogP contribution in [0.2, 0.25) is 0 Å². The number of hydrogen-bond donors (Lipinski definition) is 1. The standard InChI is InChI=1S/C13H27NO2S/c1-3-15-9-7-14(8-10-16-4-2)11-13(12-17)5-6-13/h17H,3-12H2,1-2H3. The highest BCUT2D eigenvalue weighted by Gasteiger charge is 2.42. The molecule has 3 nitrogen and oxygen atoms in total. The Morgan fingerprint density at radius 2 is 1.59 bits per heavy atom. The van der Waals surface area contributed by atoms with Crippen molar-refractivity contribution in [3.8, 4) is 0 Å². The van der Waals surface area contributed by atoms with Gasteiger partial charge in [-0.05, 0) is 37.9 Å². The molecule has 1 rings (SSSR count). The number of ether oxygens (including phenoxy) is 2. The number of thiol groups is 1. The number of nitrogens with zero attached hydrogens (tertiary/aromatic N) is 1. The van der Waals surface area contributed by atoms with Gasteiger partial charge in [-0.25, -0.2) is 0 Å². The maximum Gasteiger partial charge on any atom is 0.0593 e. The summed E-state index contributed by atoms with van der Waals surface area (Å²) in [7, 11) is 0. The van der Waals surface area contributed by atoms with E-state index in [1.165, 1.54) is 12.8 Å². The quantitative estimate of drug-likeness (QED) is 0.454. The molecule has 0 heterocycles. The van der Waals surface area contributed by atoms with Gasteiger partial charge in [0.05, 0.1) is 13.2 Å². The largest absolute Gasteiger partial charge is 0.380 e. The fourth-order valence-corrected chi connectivity index (χ4v) is 2.38. The summed E-state index contributed by atoms with van der Waals surface area (Å²) < 4.78 is 10.9. The monoisotopic (exact) mass is 261 g/mol. The van der Waals surface area contributed by atoms with Crippen molar-refractivity contribution in [1.29, 1.82) is 0 Å². The first-order chi connectivity index (χ1) is 8.26. The zero-order chi connectivity index (χ0) is 12.6. The number of hydrogen-bond acceptors (Lipinski definition) is 4. The Morgan fingerprint density at radius 1 is 1.06 bits per heavy atom. The first-order valence-corrected chi connectivity index (χ1v) is 7.38. The summed E-state index contributed by atoms with van der Waals surface area (Å²) in [5, 5.41) is 0. The van der Waals surface area contributed by atoms with Crippen molar-refractivity contribution in [3.63, 3.8) is 0 Å². The van der Waals surface area contributed by atoms with Gasteiger partial charge in [0.1, 0.15) is 0 Å². The molecule has 0 aliphatic heterocycles. The lowest BCUT2D eigenvalue weighted by Gasteiger charge is -2.26. The summed E-state index contributed by atoms with van der Waals surface area (Å²) in [5.74, 6) is 1.01. The van der Waals surface area contributed by atoms with Gasteiger partial charge in [0, 0.05) is 32.8 Å². The molecule has 1 aliphatic rings. The van der Waals surface area contributed by atoms with Gasteiger partial charge in [-0.2, -0.15) is 12.6 Å². The van der Waals surface area contributed by atoms with E-state index in [-0.39, 0.29) is 0 Å². The van der Waals surface area contributed by atoms with Crippen molar-refractivity contribution < 1.29 is 9.47 Å². The molecule has 1 aliphatic carbocycles. The SMILES string of the molecule is CCOCCN(CCOCC)CC1(CS)CC1. The molecule has 1 fully saturated rings. The first-order valence-electron chi connectivity index (χ1n) is 6.75. The minimum atomic E-state index is 0.488. The van der Waals surface area contributed by atoms with Crippen molar-refractivity contribution in [3.05, 3.63) is 0 Å². The van der Waals surface area contributed by atoms with Crippen LogP contribution >= 0.6 is 12.6 Å². The van der Waals surface area contributed by atoms with E-state index in [9.17, 15) is 0 Å². The summed E-state index contributed by atoms with van der Waals surface area (Å²) in [6.45, 7) is 10.5. The number of rotatable bonds is 11. The minimum absolute atomic E-state index is 0.488. The van der Waals surface area contributed by atoms with Crippen molar-refractivity contribution >= 4 is 12.6 Å². The van der Waals surface area contributed by atoms with Gasteiger partial charge >= 0.3 is 0 Å². The van der Waals surface area contributed by atoms with Crippen LogP contribution in [0, 0.1) is 5.41 Å². The molecule has 1 saturated carbocycles. The van der Waals surface area contributed by atoms with Crippen LogP contribution in [0.1, 0.15) is 26.7 Å². The Labute approximate surface area is 111 Å². The molecule has 102 valence electrons. The molecular weight excluding hydrogens is 234 g/mol. The van der Waals surface area contributed by atoms with E-state index < -0.39 is 0 Å². The lowest BCUT2D eigenvalue weighted by Crippen LogP contribution is -2.36. The Hall–Kier alpha value is 0.230. The Bertz CT molecular complexity index is 188. The second kappa shape index (κ2) is 8.35. The van der Waals surface area contributed by atoms with E-state index in [0.29, 0.717) is 5.41 Å². The van der Waals surface area contributed by atoms with Crippen LogP contribution in [0.25, 0.3) is 0 Å². The van der Waals surface area contributed by atoms with Crippen LogP contribution in [0.5, 0.6) is 0 Å². The van der Waals surface area contributed by atoms with Gasteiger partial charge in [0.15, 0.2) is 0 Å². The van der Waals surface area contributed by atoms with Crippen LogP contribution in [0.3, 0.4) is 0 Å². The van der Waals surface area contributed by atoms with Gasteiger partial charge < -0.3 is 9.47 Å². The predicted molar refractivity (Wildman–Crippen MR) is 74.9 cm³/mol. The predicted octanol–water partition coefficient (Wildman–Crippen LogP) is 2.07. The molecule has 17 heavy (non-hydrogen) atoms. The first kappa shape index (κ1) is 15.3. The molecule has 0 saturated heterocycles. The highest BCUT2D eigenvalue weighted by Crippen LogP contribution is 2.46. The summed E-state index contributed by atoms with van der Waals surface area (Å²) in [5.41, 5.74) is 0.488. The third kappa shape index (κ3) is 6.09. The summed E-state index contributed by atoms with van der Waals surface area (Å²) in [4.78, 5) is 2.47. The second-order valence-corrected chi connectivity index (χ2v) is 5.14. The third-order valence-electron chi connectivity index (χ3n) is 3.36. The van der Waals surface area contributed by atoms with E-state index in [0.717, 1.165) is 51.8 Å². The Kier molecular flexibility index (Phi) is 7.51. The minimum Gasteiger partial charge on any atom is -0.380 e. The van der Waals surface area contributed by atoms with Gasteiger partial charge in [0.2, 0.25) is 0 Å². The highest BCUT2D eigenvalue weighted by molar-refractivity contribution is 7.80. The lowest BCUT2D eigenvalue weighted by atomic mass is 10.1. The molecular formula is C13H27NO2S. The molecule has 0 aromatic heterocycles. The summed E-state index contributed by atoms with van der Waals surface area (Å²) in [6, 6.07) is 0. The molecule has 0 radical (unpaired) electrons. The normalized spacial score (nSPS) is 17.6. The van der Waals surface area contributed by atoms with Crippen LogP contribution in [-0.2, 0) is 9.47 Å². The zero-order valence-corrected chi connectivity index (χ0v) is 12.2. The maximum atomic E-state index is 5.44. The molecule has 0 unspecified atom stereocenters. The van der Waals surface area contributed by atoms with Crippen molar-refractivity contribution in [1.82, 2.24) is 4.90 Å². The second-order valence-electron chi connectivity index (χ2n) is 4.83. The highest BCUT2D eigenvalue weighted by atomic mass is 32.1. The van der Waals surface area contributed by atoms with Crippen molar-refractivity contribution in [2.75, 3.05) is 51.8 Å². The summed E-state index contributed by atoms with van der Waals surface area (Å²) in [6.07, 6.45) is 2.66. The van der Waals surface area contributed by atoms with Gasteiger partial charge in [-0.1, -0.05) is 0 Å². The molecule has 0 aromatic carbocycles. The van der Waals surface area contributed by atoms with Crippen molar-refractivity contribution in [2.45, 2.75) is 26.7 Å². The Balaban J connectivity index is 2.24. The van der Waals surface area contributed by atoms with E-state index in [1.54, 1.807) is 0 Å². The topological polar surface area (TPSA) is 21.7 Å². The van der Waals surface area contributed by atoms with Crippen LogP contribution in [-0.4, -0.2) is 56.7 Å². The molecule has 0 N–H and O–H groups in total. The van der Waals surface area contributed by atoms with Crippen LogP contribution in [0.4, 0.5) is 0 Å². The fraction of sp³-hybridized carbons (Fsp3) is 1.00. The van der Waals surface area contributed by atoms with Crippen LogP contribution < -0.4 is 0 Å². The molecule has 0 spiro atoms. The van der Waals surface area contributed by atoms with Gasteiger partial charge in [0.25, 0.3) is 0 Å². The van der Waals surface area contributed by atoms with Gasteiger partial charge in [-0.3, -0.25) is 4.90 Å². The average Bonchev–Trinajstić information content (AvgIpc) is 3.10. The van der Waals surface area contributed by atoms with Crippen LogP contribution in [0.15, 0.2) is 0 Å². The lowest BCUT2D eigenvalue weighted by molar-refractivity contribution is 0.0753. The van der Waals surface area contributed by atoms with E-state index in [4.69, 9.17) is 9.47 Å². The maximum absolute atomic E-state index is 5.44. The molecule has 0 amide bonds. The molecule has 0 atom stereocenters. The molecule has 0 bridgehead atoms. The molecule has 4 heteroatoms. The van der Waals surface area contributed by atoms with Crippen molar-refractivity contribution in [2.24, 2.45) is 5.41 Å². The third-order valence-corrected chi connectivity index (χ3v) is 4.03. The Morgan fingerprint density at radius 3 is 1.94 bits per heavy atom. The van der Waals surface area contributed by atoms with E-state index in [1.807, 2.05) is 13.8 Å². The van der Waals surface area contributed by atoms with E-state index >= 15 is 0 Å². The van der Waals surface area contributed by atoms with E-state index in [2.05, 4.69) is 17.5 Å². The summed E-state index contributed by atoms with van der Waals surface area (Å²) >= 11 is 4.47. The molecule has 0 aromatic rings. The average molecular weight is 261 g/mol. The zero-order valence-electron chi connectivity index (χ0n) is 11.3. The van der Waals surface area contributed by atoms with Gasteiger partial charge in [-0.15, -0.1) is 0 Å².